The van der Waals surface area contributed by atoms with Crippen molar-refractivity contribution in [3.05, 3.63) is 59.3 Å². The predicted octanol–water partition coefficient (Wildman–Crippen LogP) is 3.04. The van der Waals surface area contributed by atoms with E-state index in [2.05, 4.69) is 20.4 Å². The molecule has 2 aromatic carbocycles. The van der Waals surface area contributed by atoms with Gasteiger partial charge < -0.3 is 24.8 Å². The van der Waals surface area contributed by atoms with Gasteiger partial charge in [-0.05, 0) is 67.9 Å². The number of benzene rings is 2. The first-order valence-electron chi connectivity index (χ1n) is 18.0. The number of amides is 4. The average Bonchev–Trinajstić information content (AvgIpc) is 3.54. The molecule has 2 N–H and O–H groups in total. The molecule has 0 aliphatic carbocycles. The van der Waals surface area contributed by atoms with Crippen molar-refractivity contribution < 1.29 is 27.5 Å². The number of hydrogen-bond donors (Lipinski definition) is 2. The van der Waals surface area contributed by atoms with Crippen LogP contribution in [0.25, 0.3) is 10.9 Å². The molecule has 1 aromatic heterocycles. The number of para-hydroxylation sites is 1. The highest BCUT2D eigenvalue weighted by atomic mass is 32.2. The standard InChI is InChI=1S/C36H48N8O6S/c1-25-21-26(22-28-24-37-39-33(25)28)23-32(34(45)41-12-8-29(9-13-41)40-17-19-43(20-18-40)51(2,48)49)50-36(47)42-14-10-30(11-15-42)44-16-7-27-5-3-4-6-31(27)38-35(44)46/h3-6,21-22,24,29-30,32H,7-20,23H2,1-2H3,(H,37,39)(H,38,46)/t32-/m1/s1. The second-order valence-corrected chi connectivity index (χ2v) is 16.3. The highest BCUT2D eigenvalue weighted by molar-refractivity contribution is 7.88. The van der Waals surface area contributed by atoms with Crippen molar-refractivity contribution in [1.82, 2.24) is 34.1 Å². The van der Waals surface area contributed by atoms with Gasteiger partial charge in [0.25, 0.3) is 5.91 Å². The Labute approximate surface area is 299 Å². The quantitative estimate of drug-likeness (QED) is 0.378. The van der Waals surface area contributed by atoms with Gasteiger partial charge in [0, 0.05) is 88.5 Å². The van der Waals surface area contributed by atoms with Crippen LogP contribution in [-0.2, 0) is 32.4 Å². The fraction of sp³-hybridized carbons (Fsp3) is 0.556. The maximum absolute atomic E-state index is 14.2. The van der Waals surface area contributed by atoms with Gasteiger partial charge in [0.1, 0.15) is 0 Å². The summed E-state index contributed by atoms with van der Waals surface area (Å²) in [5.41, 5.74) is 4.78. The Balaban J connectivity index is 0.985. The molecule has 0 radical (unpaired) electrons. The number of anilines is 1. The fourth-order valence-corrected chi connectivity index (χ4v) is 9.00. The van der Waals surface area contributed by atoms with E-state index in [0.29, 0.717) is 71.7 Å². The zero-order valence-electron chi connectivity index (χ0n) is 29.4. The van der Waals surface area contributed by atoms with Gasteiger partial charge in [0.15, 0.2) is 6.10 Å². The summed E-state index contributed by atoms with van der Waals surface area (Å²) in [6.07, 6.45) is 5.29. The fourth-order valence-electron chi connectivity index (χ4n) is 8.17. The van der Waals surface area contributed by atoms with Crippen molar-refractivity contribution in [3.8, 4) is 0 Å². The number of rotatable bonds is 7. The molecule has 0 saturated carbocycles. The summed E-state index contributed by atoms with van der Waals surface area (Å²) >= 11 is 0. The summed E-state index contributed by atoms with van der Waals surface area (Å²) in [5.74, 6) is -0.204. The molecule has 0 bridgehead atoms. The maximum atomic E-state index is 14.2. The molecular weight excluding hydrogens is 673 g/mol. The van der Waals surface area contributed by atoms with Crippen LogP contribution in [0.3, 0.4) is 0 Å². The lowest BCUT2D eigenvalue weighted by molar-refractivity contribution is -0.142. The van der Waals surface area contributed by atoms with E-state index in [9.17, 15) is 22.8 Å². The number of carbonyl (C=O) groups excluding carboxylic acids is 3. The number of H-pyrrole nitrogens is 1. The van der Waals surface area contributed by atoms with Gasteiger partial charge in [-0.25, -0.2) is 18.0 Å². The Hall–Kier alpha value is -4.21. The SMILES string of the molecule is Cc1cc(C[C@@H](OC(=O)N2CCC(N3CCc4ccccc4NC3=O)CC2)C(=O)N2CCC(N3CCN(S(C)(=O)=O)CC3)CC2)cc2cn[nH]c12. The molecular formula is C36H48N8O6S. The zero-order chi connectivity index (χ0) is 35.7. The Morgan fingerprint density at radius 1 is 0.922 bits per heavy atom. The normalized spacial score (nSPS) is 20.9. The Morgan fingerprint density at radius 2 is 1.61 bits per heavy atom. The number of likely N-dealkylation sites (tertiary alicyclic amines) is 2. The molecule has 5 heterocycles. The Bertz CT molecular complexity index is 1860. The number of hydrogen-bond acceptors (Lipinski definition) is 8. The van der Waals surface area contributed by atoms with Gasteiger partial charge >= 0.3 is 12.1 Å². The molecule has 1 atom stereocenters. The molecule has 4 amide bonds. The van der Waals surface area contributed by atoms with Crippen molar-refractivity contribution >= 4 is 44.6 Å². The molecule has 4 aliphatic heterocycles. The molecule has 14 nitrogen and oxygen atoms in total. The molecule has 3 fully saturated rings. The minimum absolute atomic E-state index is 0.00102. The summed E-state index contributed by atoms with van der Waals surface area (Å²) in [6.45, 7) is 6.85. The van der Waals surface area contributed by atoms with E-state index in [1.54, 1.807) is 11.1 Å². The predicted molar refractivity (Wildman–Crippen MR) is 193 cm³/mol. The third-order valence-corrected chi connectivity index (χ3v) is 12.4. The van der Waals surface area contributed by atoms with Crippen LogP contribution in [0, 0.1) is 6.92 Å². The maximum Gasteiger partial charge on any atom is 0.410 e. The zero-order valence-corrected chi connectivity index (χ0v) is 30.2. The summed E-state index contributed by atoms with van der Waals surface area (Å²) in [5, 5.41) is 11.2. The summed E-state index contributed by atoms with van der Waals surface area (Å²) < 4.78 is 31.6. The highest BCUT2D eigenvalue weighted by Crippen LogP contribution is 2.27. The summed E-state index contributed by atoms with van der Waals surface area (Å²) in [6, 6.07) is 12.0. The number of aryl methyl sites for hydroxylation is 1. The van der Waals surface area contributed by atoms with Crippen molar-refractivity contribution in [2.45, 2.75) is 63.6 Å². The van der Waals surface area contributed by atoms with Gasteiger partial charge in [-0.1, -0.05) is 24.3 Å². The number of ether oxygens (including phenoxy) is 1. The molecule has 0 unspecified atom stereocenters. The first kappa shape index (κ1) is 35.2. The number of carbonyl (C=O) groups is 3. The minimum Gasteiger partial charge on any atom is -0.436 e. The van der Waals surface area contributed by atoms with Gasteiger partial charge in [-0.3, -0.25) is 14.8 Å². The molecule has 3 aromatic rings. The van der Waals surface area contributed by atoms with E-state index in [1.165, 1.54) is 10.6 Å². The average molecular weight is 721 g/mol. The molecule has 7 rings (SSSR count). The van der Waals surface area contributed by atoms with Crippen LogP contribution in [0.2, 0.25) is 0 Å². The van der Waals surface area contributed by atoms with Crippen LogP contribution in [0.1, 0.15) is 42.4 Å². The van der Waals surface area contributed by atoms with E-state index in [1.807, 2.05) is 53.1 Å². The lowest BCUT2D eigenvalue weighted by Gasteiger charge is -2.42. The molecule has 274 valence electrons. The Kier molecular flexibility index (Phi) is 10.2. The van der Waals surface area contributed by atoms with E-state index >= 15 is 0 Å². The number of aromatic nitrogens is 2. The summed E-state index contributed by atoms with van der Waals surface area (Å²) in [7, 11) is -3.20. The lowest BCUT2D eigenvalue weighted by Crippen LogP contribution is -2.55. The van der Waals surface area contributed by atoms with Crippen molar-refractivity contribution in [2.24, 2.45) is 0 Å². The highest BCUT2D eigenvalue weighted by Gasteiger charge is 2.37. The number of nitrogens with one attached hydrogen (secondary N) is 2. The largest absolute Gasteiger partial charge is 0.436 e. The molecule has 3 saturated heterocycles. The number of sulfonamides is 1. The third kappa shape index (κ3) is 7.85. The van der Waals surface area contributed by atoms with Gasteiger partial charge in [0.05, 0.1) is 18.0 Å². The smallest absolute Gasteiger partial charge is 0.410 e. The second-order valence-electron chi connectivity index (χ2n) is 14.3. The number of piperidine rings is 2. The first-order valence-corrected chi connectivity index (χ1v) is 19.9. The van der Waals surface area contributed by atoms with Crippen LogP contribution in [0.5, 0.6) is 0 Å². The number of fused-ring (bicyclic) bond motifs is 2. The first-order chi connectivity index (χ1) is 24.5. The van der Waals surface area contributed by atoms with Crippen molar-refractivity contribution in [2.75, 3.05) is 70.5 Å². The summed E-state index contributed by atoms with van der Waals surface area (Å²) in [4.78, 5) is 48.7. The molecule has 15 heteroatoms. The van der Waals surface area contributed by atoms with E-state index in [4.69, 9.17) is 4.74 Å². The molecule has 4 aliphatic rings. The van der Waals surface area contributed by atoms with Gasteiger partial charge in [0.2, 0.25) is 10.0 Å². The number of urea groups is 1. The number of nitrogens with zero attached hydrogens (tertiary/aromatic N) is 6. The molecule has 51 heavy (non-hydrogen) atoms. The number of aromatic amines is 1. The van der Waals surface area contributed by atoms with E-state index in [-0.39, 0.29) is 30.4 Å². The van der Waals surface area contributed by atoms with Crippen LogP contribution in [0.4, 0.5) is 15.3 Å². The van der Waals surface area contributed by atoms with Crippen LogP contribution in [-0.4, -0.2) is 144 Å². The topological polar surface area (TPSA) is 151 Å². The lowest BCUT2D eigenvalue weighted by atomic mass is 9.99. The minimum atomic E-state index is -3.20. The van der Waals surface area contributed by atoms with Crippen LogP contribution < -0.4 is 5.32 Å². The van der Waals surface area contributed by atoms with Crippen LogP contribution >= 0.6 is 0 Å². The van der Waals surface area contributed by atoms with Crippen LogP contribution in [0.15, 0.2) is 42.6 Å². The van der Waals surface area contributed by atoms with Crippen molar-refractivity contribution in [1.29, 1.82) is 0 Å². The third-order valence-electron chi connectivity index (χ3n) is 11.1. The molecule has 0 spiro atoms. The Morgan fingerprint density at radius 3 is 2.33 bits per heavy atom. The number of piperazine rings is 1. The van der Waals surface area contributed by atoms with E-state index in [0.717, 1.165) is 52.5 Å². The second kappa shape index (κ2) is 14.8. The van der Waals surface area contributed by atoms with Gasteiger partial charge in [-0.15, -0.1) is 0 Å². The van der Waals surface area contributed by atoms with Crippen molar-refractivity contribution in [3.63, 3.8) is 0 Å². The monoisotopic (exact) mass is 720 g/mol. The van der Waals surface area contributed by atoms with E-state index < -0.39 is 22.2 Å². The van der Waals surface area contributed by atoms with Gasteiger partial charge in [-0.2, -0.15) is 9.40 Å².